The zero-order valence-electron chi connectivity index (χ0n) is 11.3. The second kappa shape index (κ2) is 6.85. The third kappa shape index (κ3) is 5.23. The van der Waals surface area contributed by atoms with Crippen molar-refractivity contribution >= 4 is 17.9 Å². The first-order chi connectivity index (χ1) is 9.38. The molecule has 0 saturated carbocycles. The van der Waals surface area contributed by atoms with Gasteiger partial charge in [0.25, 0.3) is 0 Å². The highest BCUT2D eigenvalue weighted by Crippen LogP contribution is 2.28. The highest BCUT2D eigenvalue weighted by Gasteiger charge is 2.47. The van der Waals surface area contributed by atoms with Gasteiger partial charge >= 0.3 is 17.9 Å². The lowest BCUT2D eigenvalue weighted by molar-refractivity contribution is -0.145. The summed E-state index contributed by atoms with van der Waals surface area (Å²) in [6, 6.07) is 0. The summed E-state index contributed by atoms with van der Waals surface area (Å²) in [6.07, 6.45) is 1.89. The van der Waals surface area contributed by atoms with E-state index in [4.69, 9.17) is 14.2 Å². The number of ether oxygens (including phenoxy) is 4. The first-order valence-electron chi connectivity index (χ1n) is 5.78. The Labute approximate surface area is 116 Å². The summed E-state index contributed by atoms with van der Waals surface area (Å²) in [6.45, 7) is 5.21. The molecule has 1 unspecified atom stereocenters. The van der Waals surface area contributed by atoms with Gasteiger partial charge in [0, 0.05) is 17.7 Å². The van der Waals surface area contributed by atoms with E-state index in [1.54, 1.807) is 0 Å². The van der Waals surface area contributed by atoms with Gasteiger partial charge in [0.1, 0.15) is 13.2 Å². The smallest absolute Gasteiger partial charge is 0.333 e. The van der Waals surface area contributed by atoms with Crippen molar-refractivity contribution in [2.45, 2.75) is 12.5 Å². The Kier molecular flexibility index (Phi) is 5.45. The van der Waals surface area contributed by atoms with Gasteiger partial charge < -0.3 is 18.9 Å². The van der Waals surface area contributed by atoms with E-state index in [-0.39, 0.29) is 18.8 Å². The normalized spacial score (nSPS) is 20.3. The molecule has 0 aliphatic carbocycles. The van der Waals surface area contributed by atoms with Crippen LogP contribution >= 0.6 is 0 Å². The zero-order chi connectivity index (χ0) is 15.2. The molecule has 0 spiro atoms. The maximum atomic E-state index is 11.3. The van der Waals surface area contributed by atoms with E-state index in [0.29, 0.717) is 6.61 Å². The third-order valence-electron chi connectivity index (χ3n) is 2.40. The van der Waals surface area contributed by atoms with Crippen LogP contribution in [0.25, 0.3) is 0 Å². The van der Waals surface area contributed by atoms with E-state index >= 15 is 0 Å². The van der Waals surface area contributed by atoms with Gasteiger partial charge in [-0.15, -0.1) is 0 Å². The van der Waals surface area contributed by atoms with Gasteiger partial charge in [-0.25, -0.2) is 14.4 Å². The van der Waals surface area contributed by atoms with Crippen LogP contribution in [0.1, 0.15) is 6.92 Å². The van der Waals surface area contributed by atoms with Crippen LogP contribution in [0.15, 0.2) is 24.3 Å². The Hall–Kier alpha value is -2.15. The molecule has 1 saturated heterocycles. The lowest BCUT2D eigenvalue weighted by atomic mass is 10.2. The van der Waals surface area contributed by atoms with Crippen molar-refractivity contribution in [2.75, 3.05) is 26.9 Å². The fourth-order valence-electron chi connectivity index (χ4n) is 1.09. The number of epoxide rings is 1. The van der Waals surface area contributed by atoms with Crippen molar-refractivity contribution in [1.82, 2.24) is 0 Å². The monoisotopic (exact) mass is 284 g/mol. The molecule has 1 aliphatic heterocycles. The minimum absolute atomic E-state index is 0.0211. The molecule has 1 atom stereocenters. The van der Waals surface area contributed by atoms with E-state index in [9.17, 15) is 14.4 Å². The van der Waals surface area contributed by atoms with E-state index < -0.39 is 23.5 Å². The van der Waals surface area contributed by atoms with Crippen LogP contribution in [0.4, 0.5) is 0 Å². The first-order valence-corrected chi connectivity index (χ1v) is 5.78. The number of methoxy groups -OCH3 is 1. The minimum atomic E-state index is -0.792. The molecular weight excluding hydrogens is 268 g/mol. The molecule has 1 heterocycles. The summed E-state index contributed by atoms with van der Waals surface area (Å²) in [5.74, 6) is -1.90. The maximum absolute atomic E-state index is 11.3. The molecule has 7 heteroatoms. The lowest BCUT2D eigenvalue weighted by Gasteiger charge is -2.12. The third-order valence-corrected chi connectivity index (χ3v) is 2.40. The second-order valence-corrected chi connectivity index (χ2v) is 4.29. The van der Waals surface area contributed by atoms with Gasteiger partial charge in [0.2, 0.25) is 0 Å². The Morgan fingerprint density at radius 3 is 2.25 bits per heavy atom. The average molecular weight is 284 g/mol. The van der Waals surface area contributed by atoms with Gasteiger partial charge in [-0.3, -0.25) is 0 Å². The molecule has 0 bridgehead atoms. The van der Waals surface area contributed by atoms with E-state index in [1.807, 2.05) is 0 Å². The van der Waals surface area contributed by atoms with E-state index in [2.05, 4.69) is 11.3 Å². The summed E-state index contributed by atoms with van der Waals surface area (Å²) in [7, 11) is 1.20. The fourth-order valence-corrected chi connectivity index (χ4v) is 1.09. The van der Waals surface area contributed by atoms with Crippen molar-refractivity contribution in [3.8, 4) is 0 Å². The minimum Gasteiger partial charge on any atom is -0.466 e. The molecule has 7 nitrogen and oxygen atoms in total. The summed E-state index contributed by atoms with van der Waals surface area (Å²) >= 11 is 0. The van der Waals surface area contributed by atoms with Crippen LogP contribution in [-0.4, -0.2) is 50.4 Å². The van der Waals surface area contributed by atoms with Crippen LogP contribution in [0, 0.1) is 0 Å². The fraction of sp³-hybridized carbons (Fsp3) is 0.462. The standard InChI is InChI=1S/C13H16O7/c1-9(2)12(16)19-7-13(8-20-13)6-18-11(15)5-4-10(14)17-3/h4-5H,1,6-8H2,2-3H3/b5-4-. The molecule has 20 heavy (non-hydrogen) atoms. The van der Waals surface area contributed by atoms with Gasteiger partial charge in [-0.1, -0.05) is 6.58 Å². The average Bonchev–Trinajstić information content (AvgIpc) is 3.20. The summed E-state index contributed by atoms with van der Waals surface area (Å²) < 4.78 is 19.3. The molecule has 0 aromatic rings. The number of carbonyl (C=O) groups excluding carboxylic acids is 3. The molecule has 0 aromatic heterocycles. The van der Waals surface area contributed by atoms with Crippen molar-refractivity contribution in [1.29, 1.82) is 0 Å². The molecule has 110 valence electrons. The van der Waals surface area contributed by atoms with Gasteiger partial charge in [0.05, 0.1) is 13.7 Å². The van der Waals surface area contributed by atoms with Crippen LogP contribution in [0.3, 0.4) is 0 Å². The highest BCUT2D eigenvalue weighted by atomic mass is 16.7. The zero-order valence-corrected chi connectivity index (χ0v) is 11.3. The summed E-state index contributed by atoms with van der Waals surface area (Å²) in [5, 5.41) is 0. The topological polar surface area (TPSA) is 91.4 Å². The highest BCUT2D eigenvalue weighted by molar-refractivity contribution is 5.91. The van der Waals surface area contributed by atoms with Crippen LogP contribution in [0.5, 0.6) is 0 Å². The maximum Gasteiger partial charge on any atom is 0.333 e. The Morgan fingerprint density at radius 2 is 1.75 bits per heavy atom. The number of hydrogen-bond acceptors (Lipinski definition) is 7. The van der Waals surface area contributed by atoms with Crippen molar-refractivity contribution in [2.24, 2.45) is 0 Å². The molecule has 1 aliphatic rings. The van der Waals surface area contributed by atoms with Gasteiger partial charge in [-0.05, 0) is 6.92 Å². The van der Waals surface area contributed by atoms with Crippen LogP contribution in [0.2, 0.25) is 0 Å². The van der Waals surface area contributed by atoms with Crippen molar-refractivity contribution < 1.29 is 33.3 Å². The largest absolute Gasteiger partial charge is 0.466 e. The summed E-state index contributed by atoms with van der Waals surface area (Å²) in [5.41, 5.74) is -0.515. The molecule has 0 N–H and O–H groups in total. The lowest BCUT2D eigenvalue weighted by Crippen LogP contribution is -2.29. The predicted molar refractivity (Wildman–Crippen MR) is 66.6 cm³/mol. The summed E-state index contributed by atoms with van der Waals surface area (Å²) in [4.78, 5) is 33.3. The number of carbonyl (C=O) groups is 3. The first kappa shape index (κ1) is 15.9. The molecular formula is C13H16O7. The van der Waals surface area contributed by atoms with Crippen molar-refractivity contribution in [3.05, 3.63) is 24.3 Å². The van der Waals surface area contributed by atoms with Crippen molar-refractivity contribution in [3.63, 3.8) is 0 Å². The van der Waals surface area contributed by atoms with Crippen LogP contribution in [-0.2, 0) is 33.3 Å². The molecule has 0 aromatic carbocycles. The van der Waals surface area contributed by atoms with E-state index in [0.717, 1.165) is 12.2 Å². The Morgan fingerprint density at radius 1 is 1.20 bits per heavy atom. The van der Waals surface area contributed by atoms with Gasteiger partial charge in [0.15, 0.2) is 5.60 Å². The Bertz CT molecular complexity index is 446. The Balaban J connectivity index is 2.32. The van der Waals surface area contributed by atoms with Gasteiger partial charge in [-0.2, -0.15) is 0 Å². The second-order valence-electron chi connectivity index (χ2n) is 4.29. The molecule has 1 fully saturated rings. The van der Waals surface area contributed by atoms with Crippen LogP contribution < -0.4 is 0 Å². The number of rotatable bonds is 7. The van der Waals surface area contributed by atoms with E-state index in [1.165, 1.54) is 14.0 Å². The predicted octanol–water partition coefficient (Wildman–Crippen LogP) is 0.147. The number of hydrogen-bond donors (Lipinski definition) is 0. The molecule has 0 radical (unpaired) electrons. The molecule has 0 amide bonds. The number of esters is 3. The molecule has 1 rings (SSSR count). The quantitative estimate of drug-likeness (QED) is 0.284. The SMILES string of the molecule is C=C(C)C(=O)OCC1(COC(=O)/C=C\C(=O)OC)CO1.